The molecule has 0 radical (unpaired) electrons. The summed E-state index contributed by atoms with van der Waals surface area (Å²) in [5, 5.41) is 0.326. The van der Waals surface area contributed by atoms with Crippen molar-refractivity contribution in [3.05, 3.63) is 35.4 Å². The van der Waals surface area contributed by atoms with E-state index in [4.69, 9.17) is 22.1 Å². The number of anilines is 1. The molecular weight excluding hydrogens is 300 g/mol. The first-order valence-corrected chi connectivity index (χ1v) is 7.98. The van der Waals surface area contributed by atoms with Gasteiger partial charge >= 0.3 is 0 Å². The number of hydrogen-bond acceptors (Lipinski definition) is 4. The molecule has 0 amide bonds. The fraction of sp³-hybridized carbons (Fsp3) is 0.385. The van der Waals surface area contributed by atoms with Gasteiger partial charge in [-0.3, -0.25) is 0 Å². The number of hydrogen-bond donors (Lipinski definition) is 2. The fourth-order valence-electron chi connectivity index (χ4n) is 1.43. The van der Waals surface area contributed by atoms with E-state index in [1.54, 1.807) is 13.0 Å². The second-order valence-electron chi connectivity index (χ2n) is 4.21. The Bertz CT molecular complexity index is 550. The Morgan fingerprint density at radius 1 is 1.45 bits per heavy atom. The third-order valence-corrected chi connectivity index (χ3v) is 4.51. The third-order valence-electron chi connectivity index (χ3n) is 2.67. The lowest BCUT2D eigenvalue weighted by Crippen LogP contribution is -2.27. The molecule has 20 heavy (non-hydrogen) atoms. The normalized spacial score (nSPS) is 11.5. The molecule has 7 heteroatoms. The molecule has 0 unspecified atom stereocenters. The van der Waals surface area contributed by atoms with Crippen LogP contribution in [0.4, 0.5) is 5.69 Å². The van der Waals surface area contributed by atoms with Crippen LogP contribution in [-0.4, -0.2) is 28.2 Å². The van der Waals surface area contributed by atoms with E-state index in [9.17, 15) is 8.42 Å². The molecule has 112 valence electrons. The van der Waals surface area contributed by atoms with Crippen molar-refractivity contribution in [1.82, 2.24) is 4.72 Å². The largest absolute Gasteiger partial charge is 0.398 e. The summed E-state index contributed by atoms with van der Waals surface area (Å²) in [6.07, 6.45) is 2.47. The molecule has 1 rings (SSSR count). The molecule has 3 N–H and O–H groups in total. The number of halogens is 1. The van der Waals surface area contributed by atoms with Crippen LogP contribution in [0.25, 0.3) is 0 Å². The van der Waals surface area contributed by atoms with Gasteiger partial charge in [-0.2, -0.15) is 0 Å². The van der Waals surface area contributed by atoms with Gasteiger partial charge < -0.3 is 10.5 Å². The molecule has 0 aliphatic carbocycles. The average molecular weight is 319 g/mol. The van der Waals surface area contributed by atoms with Gasteiger partial charge in [0.25, 0.3) is 0 Å². The van der Waals surface area contributed by atoms with Crippen molar-refractivity contribution in [2.75, 3.05) is 25.5 Å². The van der Waals surface area contributed by atoms with Gasteiger partial charge in [0, 0.05) is 17.3 Å². The molecule has 0 aromatic heterocycles. The molecule has 5 nitrogen and oxygen atoms in total. The lowest BCUT2D eigenvalue weighted by atomic mass is 10.2. The summed E-state index contributed by atoms with van der Waals surface area (Å²) in [5.74, 6) is 0. The van der Waals surface area contributed by atoms with Gasteiger partial charge in [-0.1, -0.05) is 17.7 Å². The van der Waals surface area contributed by atoms with Crippen molar-refractivity contribution in [3.8, 4) is 0 Å². The highest BCUT2D eigenvalue weighted by molar-refractivity contribution is 7.89. The zero-order valence-electron chi connectivity index (χ0n) is 11.4. The maximum Gasteiger partial charge on any atom is 0.240 e. The first-order chi connectivity index (χ1) is 9.38. The van der Waals surface area contributed by atoms with Crippen molar-refractivity contribution < 1.29 is 13.2 Å². The quantitative estimate of drug-likeness (QED) is 0.437. The van der Waals surface area contributed by atoms with E-state index in [-0.39, 0.29) is 11.4 Å². The van der Waals surface area contributed by atoms with Crippen molar-refractivity contribution >= 4 is 27.3 Å². The van der Waals surface area contributed by atoms with Crippen molar-refractivity contribution in [2.45, 2.75) is 18.2 Å². The Morgan fingerprint density at radius 2 is 2.15 bits per heavy atom. The second-order valence-corrected chi connectivity index (χ2v) is 6.38. The molecule has 0 aliphatic heterocycles. The van der Waals surface area contributed by atoms with Crippen LogP contribution in [0.1, 0.15) is 12.0 Å². The fourth-order valence-corrected chi connectivity index (χ4v) is 2.79. The molecule has 0 bridgehead atoms. The number of rotatable bonds is 8. The smallest absolute Gasteiger partial charge is 0.240 e. The van der Waals surface area contributed by atoms with Crippen molar-refractivity contribution in [1.29, 1.82) is 0 Å². The van der Waals surface area contributed by atoms with Crippen LogP contribution in [0.5, 0.6) is 0 Å². The topological polar surface area (TPSA) is 81.4 Å². The second kappa shape index (κ2) is 7.64. The van der Waals surface area contributed by atoms with E-state index in [1.165, 1.54) is 12.1 Å². The predicted molar refractivity (Wildman–Crippen MR) is 81.4 cm³/mol. The Morgan fingerprint density at radius 3 is 2.75 bits per heavy atom. The number of nitrogens with one attached hydrogen (secondary N) is 1. The minimum Gasteiger partial charge on any atom is -0.398 e. The van der Waals surface area contributed by atoms with Crippen LogP contribution in [0.15, 0.2) is 29.7 Å². The standard InChI is InChI=1S/C13H19ClN2O3S/c1-3-4-6-19-7-5-16-20(17,18)11-8-12(14)10(2)13(15)9-11/h3,8-9,16H,1,4-7,15H2,2H3. The molecule has 0 aliphatic rings. The zero-order chi connectivity index (χ0) is 15.2. The Hall–Kier alpha value is -1.08. The summed E-state index contributed by atoms with van der Waals surface area (Å²) in [6.45, 7) is 6.30. The molecular formula is C13H19ClN2O3S. The van der Waals surface area contributed by atoms with Gasteiger partial charge in [0.15, 0.2) is 0 Å². The van der Waals surface area contributed by atoms with E-state index >= 15 is 0 Å². The number of sulfonamides is 1. The summed E-state index contributed by atoms with van der Waals surface area (Å²) in [5.41, 5.74) is 6.73. The number of nitrogen functional groups attached to an aromatic ring is 1. The molecule has 0 fully saturated rings. The molecule has 0 saturated carbocycles. The van der Waals surface area contributed by atoms with Crippen molar-refractivity contribution in [2.24, 2.45) is 0 Å². The lowest BCUT2D eigenvalue weighted by molar-refractivity contribution is 0.144. The van der Waals surface area contributed by atoms with Crippen LogP contribution in [0.3, 0.4) is 0 Å². The lowest BCUT2D eigenvalue weighted by Gasteiger charge is -2.10. The predicted octanol–water partition coefficient (Wildman–Crippen LogP) is 2.10. The summed E-state index contributed by atoms with van der Waals surface area (Å²) in [4.78, 5) is 0.0525. The highest BCUT2D eigenvalue weighted by atomic mass is 35.5. The van der Waals surface area contributed by atoms with E-state index in [0.717, 1.165) is 6.42 Å². The van der Waals surface area contributed by atoms with Crippen LogP contribution in [0, 0.1) is 6.92 Å². The van der Waals surface area contributed by atoms with Gasteiger partial charge in [0.05, 0.1) is 18.1 Å². The Labute approximate surface area is 124 Å². The highest BCUT2D eigenvalue weighted by Gasteiger charge is 2.16. The molecule has 0 saturated heterocycles. The zero-order valence-corrected chi connectivity index (χ0v) is 12.9. The van der Waals surface area contributed by atoms with Crippen LogP contribution in [0.2, 0.25) is 5.02 Å². The van der Waals surface area contributed by atoms with Gasteiger partial charge in [-0.05, 0) is 31.0 Å². The van der Waals surface area contributed by atoms with E-state index in [0.29, 0.717) is 29.5 Å². The average Bonchev–Trinajstić information content (AvgIpc) is 2.39. The highest BCUT2D eigenvalue weighted by Crippen LogP contribution is 2.25. The number of benzene rings is 1. The Balaban J connectivity index is 2.63. The summed E-state index contributed by atoms with van der Waals surface area (Å²) < 4.78 is 31.7. The van der Waals surface area contributed by atoms with E-state index in [1.807, 2.05) is 0 Å². The number of nitrogens with two attached hydrogens (primary N) is 1. The molecule has 0 spiro atoms. The first-order valence-electron chi connectivity index (χ1n) is 6.12. The summed E-state index contributed by atoms with van der Waals surface area (Å²) in [6, 6.07) is 2.77. The minimum absolute atomic E-state index is 0.0525. The maximum atomic E-state index is 12.0. The molecule has 1 aromatic rings. The minimum atomic E-state index is -3.63. The van der Waals surface area contributed by atoms with Gasteiger partial charge in [0.1, 0.15) is 0 Å². The molecule has 1 aromatic carbocycles. The summed E-state index contributed by atoms with van der Waals surface area (Å²) >= 11 is 5.94. The van der Waals surface area contributed by atoms with E-state index < -0.39 is 10.0 Å². The van der Waals surface area contributed by atoms with Gasteiger partial charge in [-0.25, -0.2) is 13.1 Å². The monoisotopic (exact) mass is 318 g/mol. The molecule has 0 heterocycles. The van der Waals surface area contributed by atoms with Crippen LogP contribution >= 0.6 is 11.6 Å². The maximum absolute atomic E-state index is 12.0. The SMILES string of the molecule is C=CCCOCCNS(=O)(=O)c1cc(N)c(C)c(Cl)c1. The van der Waals surface area contributed by atoms with Crippen LogP contribution in [-0.2, 0) is 14.8 Å². The first kappa shape index (κ1) is 17.0. The Kier molecular flexibility index (Phi) is 6.48. The van der Waals surface area contributed by atoms with Gasteiger partial charge in [-0.15, -0.1) is 6.58 Å². The van der Waals surface area contributed by atoms with E-state index in [2.05, 4.69) is 11.3 Å². The summed E-state index contributed by atoms with van der Waals surface area (Å²) in [7, 11) is -3.63. The molecule has 0 atom stereocenters. The van der Waals surface area contributed by atoms with Gasteiger partial charge in [0.2, 0.25) is 10.0 Å². The third kappa shape index (κ3) is 4.79. The number of ether oxygens (including phenoxy) is 1. The van der Waals surface area contributed by atoms with Crippen LogP contribution < -0.4 is 10.5 Å². The van der Waals surface area contributed by atoms with Crippen molar-refractivity contribution in [3.63, 3.8) is 0 Å².